The molecule has 0 radical (unpaired) electrons. The van der Waals surface area contributed by atoms with Gasteiger partial charge < -0.3 is 0 Å². The largest absolute Gasteiger partial charge is 0.264 e. The fraction of sp³-hybridized carbons (Fsp3) is 0. The van der Waals surface area contributed by atoms with Gasteiger partial charge in [0, 0.05) is 61.6 Å². The smallest absolute Gasteiger partial charge is 0.0972 e. The first-order valence-corrected chi connectivity index (χ1v) is 15.4. The second-order valence-corrected chi connectivity index (χ2v) is 11.5. The van der Waals surface area contributed by atoms with Crippen LogP contribution in [0.25, 0.3) is 88.4 Å². The Morgan fingerprint density at radius 3 is 1.70 bits per heavy atom. The lowest BCUT2D eigenvalue weighted by atomic mass is 9.92. The molecular formula is C42H26N4. The van der Waals surface area contributed by atoms with Crippen LogP contribution in [-0.4, -0.2) is 19.9 Å². The second-order valence-electron chi connectivity index (χ2n) is 11.5. The molecule has 0 saturated carbocycles. The van der Waals surface area contributed by atoms with Crippen molar-refractivity contribution >= 4 is 43.5 Å². The van der Waals surface area contributed by atoms with Crippen molar-refractivity contribution in [3.63, 3.8) is 0 Å². The zero-order chi connectivity index (χ0) is 30.5. The molecule has 0 aliphatic rings. The molecule has 46 heavy (non-hydrogen) atoms. The van der Waals surface area contributed by atoms with Crippen LogP contribution in [0.4, 0.5) is 0 Å². The van der Waals surface area contributed by atoms with Crippen molar-refractivity contribution in [1.29, 1.82) is 0 Å². The van der Waals surface area contributed by atoms with Gasteiger partial charge in [-0.3, -0.25) is 4.98 Å². The minimum atomic E-state index is 0.863. The van der Waals surface area contributed by atoms with Gasteiger partial charge in [-0.15, -0.1) is 0 Å². The first-order valence-electron chi connectivity index (χ1n) is 15.4. The molecule has 4 nitrogen and oxygen atoms in total. The fourth-order valence-electron chi connectivity index (χ4n) is 6.55. The summed E-state index contributed by atoms with van der Waals surface area (Å²) in [6.45, 7) is 0. The van der Waals surface area contributed by atoms with E-state index in [1.807, 2.05) is 42.7 Å². The highest BCUT2D eigenvalue weighted by Crippen LogP contribution is 2.41. The molecule has 0 bridgehead atoms. The van der Waals surface area contributed by atoms with Gasteiger partial charge in [0.25, 0.3) is 0 Å². The summed E-state index contributed by atoms with van der Waals surface area (Å²) in [6.07, 6.45) is 3.74. The van der Waals surface area contributed by atoms with Crippen molar-refractivity contribution < 1.29 is 0 Å². The molecule has 214 valence electrons. The number of para-hydroxylation sites is 1. The molecule has 9 rings (SSSR count). The summed E-state index contributed by atoms with van der Waals surface area (Å²) in [4.78, 5) is 20.3. The number of nitrogens with zero attached hydrogens (tertiary/aromatic N) is 4. The third-order valence-electron chi connectivity index (χ3n) is 8.73. The first-order chi connectivity index (χ1) is 22.8. The second kappa shape index (κ2) is 10.7. The highest BCUT2D eigenvalue weighted by molar-refractivity contribution is 6.19. The standard InChI is InChI=1S/C42H26N4/c1-3-10-27(11-4-1)36-23-21-29-19-20-30-22-24-37(45-41(30)40(29)44-36)33-16-8-18-35-38-32(31-14-9-25-43-26-31)15-7-17-34(38)39(46-42(33)35)28-12-5-2-6-13-28/h1-26H. The van der Waals surface area contributed by atoms with Crippen molar-refractivity contribution in [3.8, 4) is 44.9 Å². The minimum absolute atomic E-state index is 0.863. The summed E-state index contributed by atoms with van der Waals surface area (Å²) in [5.74, 6) is 0. The van der Waals surface area contributed by atoms with E-state index in [4.69, 9.17) is 15.0 Å². The SMILES string of the molecule is c1ccc(-c2ccc3ccc4ccc(-c5cccc6c5nc(-c5ccccc5)c5cccc(-c7cccnc7)c56)nc4c3n2)cc1. The summed E-state index contributed by atoms with van der Waals surface area (Å²) in [7, 11) is 0. The Labute approximate surface area is 265 Å². The van der Waals surface area contributed by atoms with E-state index in [2.05, 4.69) is 120 Å². The van der Waals surface area contributed by atoms with Crippen molar-refractivity contribution in [2.75, 3.05) is 0 Å². The van der Waals surface area contributed by atoms with Gasteiger partial charge in [-0.2, -0.15) is 0 Å². The number of benzene rings is 5. The monoisotopic (exact) mass is 586 g/mol. The number of hydrogen-bond donors (Lipinski definition) is 0. The average Bonchev–Trinajstić information content (AvgIpc) is 3.14. The Bertz CT molecular complexity index is 2560. The number of rotatable bonds is 4. The third-order valence-corrected chi connectivity index (χ3v) is 8.73. The lowest BCUT2D eigenvalue weighted by Gasteiger charge is -2.16. The fourth-order valence-corrected chi connectivity index (χ4v) is 6.55. The quantitative estimate of drug-likeness (QED) is 0.193. The molecule has 0 spiro atoms. The lowest BCUT2D eigenvalue weighted by Crippen LogP contribution is -1.95. The van der Waals surface area contributed by atoms with Crippen LogP contribution in [0.2, 0.25) is 0 Å². The molecule has 4 heterocycles. The van der Waals surface area contributed by atoms with Gasteiger partial charge in [0.1, 0.15) is 0 Å². The van der Waals surface area contributed by atoms with Crippen LogP contribution in [-0.2, 0) is 0 Å². The van der Waals surface area contributed by atoms with Crippen LogP contribution in [0.3, 0.4) is 0 Å². The zero-order valence-electron chi connectivity index (χ0n) is 24.8. The maximum absolute atomic E-state index is 5.41. The van der Waals surface area contributed by atoms with Gasteiger partial charge in [-0.25, -0.2) is 15.0 Å². The number of fused-ring (bicyclic) bond motifs is 6. The molecule has 0 fully saturated rings. The van der Waals surface area contributed by atoms with Gasteiger partial charge in [-0.05, 0) is 23.8 Å². The van der Waals surface area contributed by atoms with Crippen LogP contribution < -0.4 is 0 Å². The third kappa shape index (κ3) is 4.31. The summed E-state index contributed by atoms with van der Waals surface area (Å²) < 4.78 is 0. The Morgan fingerprint density at radius 1 is 0.370 bits per heavy atom. The Balaban J connectivity index is 1.34. The van der Waals surface area contributed by atoms with Gasteiger partial charge in [-0.1, -0.05) is 127 Å². The molecular weight excluding hydrogens is 560 g/mol. The average molecular weight is 587 g/mol. The van der Waals surface area contributed by atoms with E-state index in [1.54, 1.807) is 0 Å². The molecule has 9 aromatic rings. The molecule has 0 atom stereocenters. The van der Waals surface area contributed by atoms with Crippen LogP contribution in [0.15, 0.2) is 158 Å². The summed E-state index contributed by atoms with van der Waals surface area (Å²) in [6, 6.07) is 50.4. The number of hydrogen-bond acceptors (Lipinski definition) is 4. The molecule has 0 aliphatic heterocycles. The lowest BCUT2D eigenvalue weighted by molar-refractivity contribution is 1.33. The zero-order valence-corrected chi connectivity index (χ0v) is 24.8. The molecule has 0 saturated heterocycles. The van der Waals surface area contributed by atoms with Crippen LogP contribution in [0, 0.1) is 0 Å². The Morgan fingerprint density at radius 2 is 0.978 bits per heavy atom. The molecule has 0 N–H and O–H groups in total. The summed E-state index contributed by atoms with van der Waals surface area (Å²) in [5.41, 5.74) is 10.8. The van der Waals surface area contributed by atoms with E-state index in [0.717, 1.165) is 88.4 Å². The van der Waals surface area contributed by atoms with E-state index in [0.29, 0.717) is 0 Å². The molecule has 4 aromatic heterocycles. The normalized spacial score (nSPS) is 11.5. The van der Waals surface area contributed by atoms with Gasteiger partial charge in [0.15, 0.2) is 0 Å². The van der Waals surface area contributed by atoms with Crippen LogP contribution in [0.1, 0.15) is 0 Å². The maximum atomic E-state index is 5.41. The molecule has 5 aromatic carbocycles. The van der Waals surface area contributed by atoms with Crippen LogP contribution in [0.5, 0.6) is 0 Å². The maximum Gasteiger partial charge on any atom is 0.0972 e. The van der Waals surface area contributed by atoms with E-state index in [1.165, 1.54) is 0 Å². The Kier molecular flexibility index (Phi) is 6.10. The van der Waals surface area contributed by atoms with Gasteiger partial charge in [0.05, 0.1) is 33.6 Å². The number of aromatic nitrogens is 4. The molecule has 0 aliphatic carbocycles. The van der Waals surface area contributed by atoms with Crippen molar-refractivity contribution in [2.24, 2.45) is 0 Å². The number of pyridine rings is 4. The highest BCUT2D eigenvalue weighted by Gasteiger charge is 2.18. The van der Waals surface area contributed by atoms with Gasteiger partial charge >= 0.3 is 0 Å². The molecule has 0 amide bonds. The minimum Gasteiger partial charge on any atom is -0.264 e. The molecule has 0 unspecified atom stereocenters. The van der Waals surface area contributed by atoms with Crippen molar-refractivity contribution in [3.05, 3.63) is 158 Å². The van der Waals surface area contributed by atoms with Gasteiger partial charge in [0.2, 0.25) is 0 Å². The predicted molar refractivity (Wildman–Crippen MR) is 189 cm³/mol. The molecule has 4 heteroatoms. The van der Waals surface area contributed by atoms with E-state index >= 15 is 0 Å². The predicted octanol–water partition coefficient (Wildman–Crippen LogP) is 10.5. The Hall–Kier alpha value is -6.26. The van der Waals surface area contributed by atoms with E-state index in [9.17, 15) is 0 Å². The van der Waals surface area contributed by atoms with Crippen molar-refractivity contribution in [2.45, 2.75) is 0 Å². The van der Waals surface area contributed by atoms with Crippen molar-refractivity contribution in [1.82, 2.24) is 19.9 Å². The summed E-state index contributed by atoms with van der Waals surface area (Å²) >= 11 is 0. The summed E-state index contributed by atoms with van der Waals surface area (Å²) in [5, 5.41) is 5.45. The van der Waals surface area contributed by atoms with E-state index < -0.39 is 0 Å². The topological polar surface area (TPSA) is 51.6 Å². The first kappa shape index (κ1) is 26.2. The van der Waals surface area contributed by atoms with Crippen LogP contribution >= 0.6 is 0 Å². The van der Waals surface area contributed by atoms with E-state index in [-0.39, 0.29) is 0 Å². The highest BCUT2D eigenvalue weighted by atomic mass is 14.8.